The first kappa shape index (κ1) is 13.7. The van der Waals surface area contributed by atoms with Gasteiger partial charge >= 0.3 is 0 Å². The van der Waals surface area contributed by atoms with E-state index < -0.39 is 0 Å². The normalized spacial score (nSPS) is 14.0. The van der Waals surface area contributed by atoms with E-state index in [1.54, 1.807) is 12.5 Å². The predicted molar refractivity (Wildman–Crippen MR) is 80.3 cm³/mol. The number of amides is 1. The second-order valence-electron chi connectivity index (χ2n) is 5.51. The molecule has 2 aromatic heterocycles. The van der Waals surface area contributed by atoms with Gasteiger partial charge in [0.15, 0.2) is 0 Å². The fourth-order valence-electron chi connectivity index (χ4n) is 2.15. The van der Waals surface area contributed by atoms with Crippen LogP contribution in [-0.4, -0.2) is 24.0 Å². The van der Waals surface area contributed by atoms with Crippen LogP contribution in [0.1, 0.15) is 34.5 Å². The molecule has 1 aliphatic rings. The fourth-order valence-corrected chi connectivity index (χ4v) is 2.15. The minimum absolute atomic E-state index is 0.0371. The minimum Gasteiger partial charge on any atom is -0.469 e. The van der Waals surface area contributed by atoms with Crippen molar-refractivity contribution in [3.8, 4) is 0 Å². The molecule has 5 heteroatoms. The summed E-state index contributed by atoms with van der Waals surface area (Å²) in [7, 11) is 1.97. The van der Waals surface area contributed by atoms with Crippen molar-refractivity contribution in [3.05, 3.63) is 47.5 Å². The Morgan fingerprint density at radius 3 is 2.81 bits per heavy atom. The third kappa shape index (κ3) is 3.24. The zero-order valence-corrected chi connectivity index (χ0v) is 12.3. The van der Waals surface area contributed by atoms with E-state index in [-0.39, 0.29) is 5.91 Å². The van der Waals surface area contributed by atoms with E-state index in [4.69, 9.17) is 4.42 Å². The van der Waals surface area contributed by atoms with Crippen LogP contribution >= 0.6 is 0 Å². The number of aryl methyl sites for hydroxylation is 1. The summed E-state index contributed by atoms with van der Waals surface area (Å²) in [5.74, 6) is 1.71. The number of carbonyl (C=O) groups excluding carboxylic acids is 1. The van der Waals surface area contributed by atoms with E-state index in [1.165, 1.54) is 0 Å². The third-order valence-corrected chi connectivity index (χ3v) is 3.69. The van der Waals surface area contributed by atoms with Crippen LogP contribution in [0.15, 0.2) is 35.1 Å². The van der Waals surface area contributed by atoms with Gasteiger partial charge in [0.05, 0.1) is 11.8 Å². The molecular formula is C16H19N3O2. The molecule has 1 fully saturated rings. The van der Waals surface area contributed by atoms with E-state index >= 15 is 0 Å². The highest BCUT2D eigenvalue weighted by atomic mass is 16.3. The molecule has 0 aliphatic heterocycles. The molecule has 3 rings (SSSR count). The highest BCUT2D eigenvalue weighted by molar-refractivity contribution is 5.94. The van der Waals surface area contributed by atoms with Crippen LogP contribution < -0.4 is 10.2 Å². The highest BCUT2D eigenvalue weighted by Crippen LogP contribution is 2.20. The standard InChI is InChI=1S/C16H19N3O2/c1-11-13(7-8-21-11)10-19(2)15-6-3-12(9-17-15)16(20)18-14-4-5-14/h3,6-9,14H,4-5,10H2,1-2H3,(H,18,20). The van der Waals surface area contributed by atoms with Crippen LogP contribution in [0.25, 0.3) is 0 Å². The summed E-state index contributed by atoms with van der Waals surface area (Å²) in [5, 5.41) is 2.96. The quantitative estimate of drug-likeness (QED) is 0.917. The topological polar surface area (TPSA) is 58.4 Å². The monoisotopic (exact) mass is 285 g/mol. The largest absolute Gasteiger partial charge is 0.469 e. The fraction of sp³-hybridized carbons (Fsp3) is 0.375. The average Bonchev–Trinajstić information content (AvgIpc) is 3.21. The van der Waals surface area contributed by atoms with Crippen molar-refractivity contribution in [2.45, 2.75) is 32.4 Å². The van der Waals surface area contributed by atoms with Crippen LogP contribution in [0.4, 0.5) is 5.82 Å². The Morgan fingerprint density at radius 2 is 2.24 bits per heavy atom. The van der Waals surface area contributed by atoms with Gasteiger partial charge < -0.3 is 14.6 Å². The summed E-state index contributed by atoms with van der Waals surface area (Å²) in [6, 6.07) is 6.02. The number of rotatable bonds is 5. The summed E-state index contributed by atoms with van der Waals surface area (Å²) in [4.78, 5) is 18.3. The molecule has 2 heterocycles. The van der Waals surface area contributed by atoms with Crippen molar-refractivity contribution in [1.82, 2.24) is 10.3 Å². The van der Waals surface area contributed by atoms with Crippen LogP contribution in [-0.2, 0) is 6.54 Å². The van der Waals surface area contributed by atoms with Gasteiger partial charge in [-0.25, -0.2) is 4.98 Å². The number of hydrogen-bond donors (Lipinski definition) is 1. The van der Waals surface area contributed by atoms with Gasteiger partial charge in [0.25, 0.3) is 5.91 Å². The Bertz CT molecular complexity index is 629. The molecule has 2 aromatic rings. The Kier molecular flexibility index (Phi) is 3.64. The molecule has 0 atom stereocenters. The molecule has 0 unspecified atom stereocenters. The van der Waals surface area contributed by atoms with E-state index in [2.05, 4.69) is 10.3 Å². The van der Waals surface area contributed by atoms with Crippen molar-refractivity contribution in [3.63, 3.8) is 0 Å². The molecule has 0 spiro atoms. The lowest BCUT2D eigenvalue weighted by molar-refractivity contribution is 0.0950. The molecule has 1 amide bonds. The van der Waals surface area contributed by atoms with E-state index in [0.29, 0.717) is 11.6 Å². The van der Waals surface area contributed by atoms with E-state index in [0.717, 1.165) is 36.5 Å². The van der Waals surface area contributed by atoms with Crippen molar-refractivity contribution in [2.75, 3.05) is 11.9 Å². The molecule has 1 saturated carbocycles. The molecule has 110 valence electrons. The first-order chi connectivity index (χ1) is 10.1. The van der Waals surface area contributed by atoms with Crippen LogP contribution in [0.2, 0.25) is 0 Å². The first-order valence-electron chi connectivity index (χ1n) is 7.14. The van der Waals surface area contributed by atoms with Gasteiger partial charge in [-0.2, -0.15) is 0 Å². The Balaban J connectivity index is 1.65. The Hall–Kier alpha value is -2.30. The summed E-state index contributed by atoms with van der Waals surface area (Å²) in [5.41, 5.74) is 1.74. The van der Waals surface area contributed by atoms with Crippen molar-refractivity contribution in [1.29, 1.82) is 0 Å². The lowest BCUT2D eigenvalue weighted by Crippen LogP contribution is -2.25. The molecule has 1 aliphatic carbocycles. The number of nitrogens with one attached hydrogen (secondary N) is 1. The summed E-state index contributed by atoms with van der Waals surface area (Å²) in [6.45, 7) is 2.67. The van der Waals surface area contributed by atoms with Gasteiger partial charge in [0.1, 0.15) is 11.6 Å². The number of pyridine rings is 1. The maximum atomic E-state index is 11.9. The molecule has 5 nitrogen and oxygen atoms in total. The number of anilines is 1. The molecule has 0 radical (unpaired) electrons. The first-order valence-corrected chi connectivity index (χ1v) is 7.14. The minimum atomic E-state index is -0.0371. The Labute approximate surface area is 124 Å². The second-order valence-corrected chi connectivity index (χ2v) is 5.51. The smallest absolute Gasteiger partial charge is 0.253 e. The Morgan fingerprint density at radius 1 is 1.43 bits per heavy atom. The zero-order valence-electron chi connectivity index (χ0n) is 12.3. The van der Waals surface area contributed by atoms with Crippen molar-refractivity contribution in [2.24, 2.45) is 0 Å². The maximum Gasteiger partial charge on any atom is 0.253 e. The zero-order chi connectivity index (χ0) is 14.8. The average molecular weight is 285 g/mol. The highest BCUT2D eigenvalue weighted by Gasteiger charge is 2.23. The van der Waals surface area contributed by atoms with Gasteiger partial charge in [0.2, 0.25) is 0 Å². The van der Waals surface area contributed by atoms with Crippen molar-refractivity contribution >= 4 is 11.7 Å². The maximum absolute atomic E-state index is 11.9. The van der Waals surface area contributed by atoms with E-state index in [1.807, 2.05) is 37.1 Å². The molecule has 1 N–H and O–H groups in total. The summed E-state index contributed by atoms with van der Waals surface area (Å²) in [6.07, 6.45) is 5.50. The number of furan rings is 1. The molecule has 0 bridgehead atoms. The van der Waals surface area contributed by atoms with Gasteiger partial charge in [-0.1, -0.05) is 0 Å². The summed E-state index contributed by atoms with van der Waals surface area (Å²) >= 11 is 0. The van der Waals surface area contributed by atoms with E-state index in [9.17, 15) is 4.79 Å². The molecular weight excluding hydrogens is 266 g/mol. The lowest BCUT2D eigenvalue weighted by Gasteiger charge is -2.17. The number of hydrogen-bond acceptors (Lipinski definition) is 4. The summed E-state index contributed by atoms with van der Waals surface area (Å²) < 4.78 is 5.29. The van der Waals surface area contributed by atoms with Gasteiger partial charge in [-0.15, -0.1) is 0 Å². The van der Waals surface area contributed by atoms with Crippen LogP contribution in [0.3, 0.4) is 0 Å². The van der Waals surface area contributed by atoms with Crippen molar-refractivity contribution < 1.29 is 9.21 Å². The van der Waals surface area contributed by atoms with Crippen LogP contribution in [0, 0.1) is 6.92 Å². The molecule has 21 heavy (non-hydrogen) atoms. The van der Waals surface area contributed by atoms with Gasteiger partial charge in [0, 0.05) is 31.4 Å². The molecule has 0 saturated heterocycles. The number of nitrogens with zero attached hydrogens (tertiary/aromatic N) is 2. The molecule has 0 aromatic carbocycles. The lowest BCUT2D eigenvalue weighted by atomic mass is 10.2. The van der Waals surface area contributed by atoms with Crippen LogP contribution in [0.5, 0.6) is 0 Å². The van der Waals surface area contributed by atoms with Gasteiger partial charge in [-0.05, 0) is 38.0 Å². The SMILES string of the molecule is Cc1occc1CN(C)c1ccc(C(=O)NC2CC2)cn1. The van der Waals surface area contributed by atoms with Gasteiger partial charge in [-0.3, -0.25) is 4.79 Å². The predicted octanol–water partition coefficient (Wildman–Crippen LogP) is 2.51. The second kappa shape index (κ2) is 5.60. The number of carbonyl (C=O) groups is 1. The number of aromatic nitrogens is 1. The third-order valence-electron chi connectivity index (χ3n) is 3.69.